The molecule has 0 aliphatic heterocycles. The van der Waals surface area contributed by atoms with Gasteiger partial charge in [-0.25, -0.2) is 0 Å². The van der Waals surface area contributed by atoms with Gasteiger partial charge in [-0.3, -0.25) is 4.98 Å². The Morgan fingerprint density at radius 3 is 2.57 bits per heavy atom. The molecule has 14 heavy (non-hydrogen) atoms. The van der Waals surface area contributed by atoms with Crippen molar-refractivity contribution in [3.63, 3.8) is 0 Å². The number of aromatic nitrogens is 1. The fourth-order valence-corrected chi connectivity index (χ4v) is 2.40. The molecule has 1 aromatic heterocycles. The zero-order chi connectivity index (χ0) is 9.86. The normalized spacial score (nSPS) is 20.6. The first-order chi connectivity index (χ1) is 6.87. The topological polar surface area (TPSA) is 33.1 Å². The maximum atomic E-state index is 9.55. The molecule has 1 saturated carbocycles. The number of nitrogens with zero attached hydrogens (tertiary/aromatic N) is 1. The van der Waals surface area contributed by atoms with Gasteiger partial charge in [-0.2, -0.15) is 0 Å². The molecular weight excluding hydrogens is 174 g/mol. The Morgan fingerprint density at radius 2 is 2.00 bits per heavy atom. The van der Waals surface area contributed by atoms with Gasteiger partial charge in [0.15, 0.2) is 0 Å². The molecule has 0 bridgehead atoms. The predicted octanol–water partition coefficient (Wildman–Crippen LogP) is 2.28. The third-order valence-corrected chi connectivity index (χ3v) is 3.32. The number of aliphatic hydroxyl groups excluding tert-OH is 1. The van der Waals surface area contributed by atoms with Crippen molar-refractivity contribution in [3.05, 3.63) is 30.1 Å². The molecule has 0 spiro atoms. The number of aliphatic hydroxyl groups is 1. The lowest BCUT2D eigenvalue weighted by Crippen LogP contribution is -2.33. The highest BCUT2D eigenvalue weighted by Crippen LogP contribution is 2.37. The third-order valence-electron chi connectivity index (χ3n) is 3.32. The van der Waals surface area contributed by atoms with Crippen LogP contribution in [0.15, 0.2) is 24.4 Å². The summed E-state index contributed by atoms with van der Waals surface area (Å²) in [5.41, 5.74) is 1.03. The minimum atomic E-state index is -0.0422. The molecule has 1 aromatic rings. The first-order valence-corrected chi connectivity index (χ1v) is 5.40. The molecule has 2 heteroatoms. The fourth-order valence-electron chi connectivity index (χ4n) is 2.40. The standard InChI is InChI=1S/C12H17NO/c14-10-12(7-3-1-4-8-12)11-6-2-5-9-13-11/h2,5-6,9,14H,1,3-4,7-8,10H2. The maximum Gasteiger partial charge on any atom is 0.0543 e. The zero-order valence-corrected chi connectivity index (χ0v) is 8.45. The van der Waals surface area contributed by atoms with Crippen LogP contribution in [0.25, 0.3) is 0 Å². The van der Waals surface area contributed by atoms with Crippen molar-refractivity contribution in [2.75, 3.05) is 6.61 Å². The summed E-state index contributed by atoms with van der Waals surface area (Å²) in [7, 11) is 0. The molecule has 0 unspecified atom stereocenters. The minimum absolute atomic E-state index is 0.0422. The van der Waals surface area contributed by atoms with E-state index in [0.29, 0.717) is 0 Å². The second-order valence-electron chi connectivity index (χ2n) is 4.21. The molecule has 0 amide bonds. The lowest BCUT2D eigenvalue weighted by atomic mass is 9.72. The Labute approximate surface area is 85.0 Å². The van der Waals surface area contributed by atoms with Crippen LogP contribution in [0.4, 0.5) is 0 Å². The third kappa shape index (κ3) is 1.67. The van der Waals surface area contributed by atoms with Crippen molar-refractivity contribution < 1.29 is 5.11 Å². The van der Waals surface area contributed by atoms with Crippen LogP contribution in [0, 0.1) is 0 Å². The highest BCUT2D eigenvalue weighted by Gasteiger charge is 2.34. The van der Waals surface area contributed by atoms with E-state index in [2.05, 4.69) is 4.98 Å². The number of hydrogen-bond donors (Lipinski definition) is 1. The number of rotatable bonds is 2. The molecule has 1 aliphatic carbocycles. The smallest absolute Gasteiger partial charge is 0.0543 e. The Morgan fingerprint density at radius 1 is 1.21 bits per heavy atom. The van der Waals surface area contributed by atoms with Crippen molar-refractivity contribution in [3.8, 4) is 0 Å². The van der Waals surface area contributed by atoms with E-state index in [1.807, 2.05) is 24.4 Å². The first-order valence-electron chi connectivity index (χ1n) is 5.40. The molecular formula is C12H17NO. The number of pyridine rings is 1. The molecule has 0 aromatic carbocycles. The predicted molar refractivity (Wildman–Crippen MR) is 56.1 cm³/mol. The van der Waals surface area contributed by atoms with E-state index >= 15 is 0 Å². The van der Waals surface area contributed by atoms with Crippen LogP contribution in [0.5, 0.6) is 0 Å². The molecule has 76 valence electrons. The monoisotopic (exact) mass is 191 g/mol. The summed E-state index contributed by atoms with van der Waals surface area (Å²) in [5.74, 6) is 0. The van der Waals surface area contributed by atoms with Gasteiger partial charge in [0.25, 0.3) is 0 Å². The maximum absolute atomic E-state index is 9.55. The van der Waals surface area contributed by atoms with Gasteiger partial charge in [-0.15, -0.1) is 0 Å². The quantitative estimate of drug-likeness (QED) is 0.778. The van der Waals surface area contributed by atoms with Crippen LogP contribution in [-0.4, -0.2) is 16.7 Å². The highest BCUT2D eigenvalue weighted by atomic mass is 16.3. The van der Waals surface area contributed by atoms with Gasteiger partial charge in [0.05, 0.1) is 6.61 Å². The summed E-state index contributed by atoms with van der Waals surface area (Å²) in [6.45, 7) is 0.240. The van der Waals surface area contributed by atoms with Gasteiger partial charge in [0, 0.05) is 17.3 Å². The van der Waals surface area contributed by atoms with Crippen molar-refractivity contribution in [1.29, 1.82) is 0 Å². The van der Waals surface area contributed by atoms with E-state index in [-0.39, 0.29) is 12.0 Å². The largest absolute Gasteiger partial charge is 0.395 e. The van der Waals surface area contributed by atoms with Gasteiger partial charge in [0.1, 0.15) is 0 Å². The van der Waals surface area contributed by atoms with Crippen LogP contribution in [-0.2, 0) is 5.41 Å². The zero-order valence-electron chi connectivity index (χ0n) is 8.45. The molecule has 1 aliphatic rings. The van der Waals surface area contributed by atoms with E-state index in [4.69, 9.17) is 0 Å². The van der Waals surface area contributed by atoms with Crippen molar-refractivity contribution >= 4 is 0 Å². The van der Waals surface area contributed by atoms with Gasteiger partial charge >= 0.3 is 0 Å². The molecule has 0 atom stereocenters. The lowest BCUT2D eigenvalue weighted by Gasteiger charge is -2.34. The van der Waals surface area contributed by atoms with E-state index in [9.17, 15) is 5.11 Å². The summed E-state index contributed by atoms with van der Waals surface area (Å²) >= 11 is 0. The van der Waals surface area contributed by atoms with Crippen LogP contribution in [0.2, 0.25) is 0 Å². The molecule has 1 N–H and O–H groups in total. The second-order valence-corrected chi connectivity index (χ2v) is 4.21. The summed E-state index contributed by atoms with van der Waals surface area (Å²) < 4.78 is 0. The second kappa shape index (κ2) is 4.09. The van der Waals surface area contributed by atoms with Crippen LogP contribution in [0.3, 0.4) is 0 Å². The Kier molecular flexibility index (Phi) is 2.82. The van der Waals surface area contributed by atoms with Crippen molar-refractivity contribution in [2.45, 2.75) is 37.5 Å². The van der Waals surface area contributed by atoms with E-state index in [1.54, 1.807) is 0 Å². The summed E-state index contributed by atoms with van der Waals surface area (Å²) in [6.07, 6.45) is 7.73. The number of hydrogen-bond acceptors (Lipinski definition) is 2. The Bertz CT molecular complexity index is 278. The molecule has 1 heterocycles. The lowest BCUT2D eigenvalue weighted by molar-refractivity contribution is 0.148. The SMILES string of the molecule is OCC1(c2ccccn2)CCCCC1. The average Bonchev–Trinajstić information content (AvgIpc) is 2.31. The van der Waals surface area contributed by atoms with E-state index in [1.165, 1.54) is 19.3 Å². The molecule has 0 radical (unpaired) electrons. The fraction of sp³-hybridized carbons (Fsp3) is 0.583. The minimum Gasteiger partial charge on any atom is -0.395 e. The summed E-state index contributed by atoms with van der Waals surface area (Å²) in [4.78, 5) is 4.39. The molecule has 0 saturated heterocycles. The molecule has 2 rings (SSSR count). The van der Waals surface area contributed by atoms with Crippen LogP contribution < -0.4 is 0 Å². The Hall–Kier alpha value is -0.890. The van der Waals surface area contributed by atoms with Crippen LogP contribution in [0.1, 0.15) is 37.8 Å². The summed E-state index contributed by atoms with van der Waals surface area (Å²) in [6, 6.07) is 5.98. The van der Waals surface area contributed by atoms with Gasteiger partial charge in [-0.1, -0.05) is 25.3 Å². The van der Waals surface area contributed by atoms with Gasteiger partial charge in [-0.05, 0) is 25.0 Å². The summed E-state index contributed by atoms with van der Waals surface area (Å²) in [5, 5.41) is 9.55. The molecule has 1 fully saturated rings. The van der Waals surface area contributed by atoms with Gasteiger partial charge in [0.2, 0.25) is 0 Å². The Balaban J connectivity index is 2.27. The van der Waals surface area contributed by atoms with Crippen molar-refractivity contribution in [1.82, 2.24) is 4.98 Å². The average molecular weight is 191 g/mol. The highest BCUT2D eigenvalue weighted by molar-refractivity contribution is 5.17. The van der Waals surface area contributed by atoms with E-state index in [0.717, 1.165) is 18.5 Å². The van der Waals surface area contributed by atoms with Gasteiger partial charge < -0.3 is 5.11 Å². The molecule has 2 nitrogen and oxygen atoms in total. The van der Waals surface area contributed by atoms with Crippen LogP contribution >= 0.6 is 0 Å². The van der Waals surface area contributed by atoms with Crippen molar-refractivity contribution in [2.24, 2.45) is 0 Å². The van der Waals surface area contributed by atoms with E-state index < -0.39 is 0 Å². The first kappa shape index (κ1) is 9.66.